The van der Waals surface area contributed by atoms with E-state index in [1.54, 1.807) is 0 Å². The molecule has 0 spiro atoms. The molecule has 1 amide bonds. The molecular weight excluding hydrogens is 619 g/mol. The maximum atomic E-state index is 13.5. The Morgan fingerprint density at radius 3 is 2.56 bits per heavy atom. The number of benzene rings is 2. The van der Waals surface area contributed by atoms with Gasteiger partial charge in [0, 0.05) is 35.9 Å². The topological polar surface area (TPSA) is 134 Å². The van der Waals surface area contributed by atoms with E-state index >= 15 is 0 Å². The van der Waals surface area contributed by atoms with Gasteiger partial charge >= 0.3 is 12.1 Å². The van der Waals surface area contributed by atoms with Gasteiger partial charge < -0.3 is 34.1 Å². The quantitative estimate of drug-likeness (QED) is 0.279. The first kappa shape index (κ1) is 32.1. The lowest BCUT2D eigenvalue weighted by Crippen LogP contribution is -2.44. The van der Waals surface area contributed by atoms with Gasteiger partial charge in [-0.1, -0.05) is 11.8 Å². The Morgan fingerprint density at radius 2 is 1.87 bits per heavy atom. The number of nitrogens with one attached hydrogen (secondary N) is 2. The number of halogens is 3. The molecule has 15 heteroatoms. The lowest BCUT2D eigenvalue weighted by Gasteiger charge is -2.18. The molecule has 1 aromatic heterocycles. The summed E-state index contributed by atoms with van der Waals surface area (Å²) in [7, 11) is -2.05. The monoisotopic (exact) mass is 649 g/mol. The molecule has 3 aromatic rings. The number of nitrogens with zero attached hydrogens (tertiary/aromatic N) is 1. The third-order valence-electron chi connectivity index (χ3n) is 7.32. The normalized spacial score (nSPS) is 21.1. The van der Waals surface area contributed by atoms with E-state index in [1.807, 2.05) is 0 Å². The highest BCUT2D eigenvalue weighted by Gasteiger charge is 2.49. The number of carbonyl (C=O) groups is 2. The van der Waals surface area contributed by atoms with Crippen LogP contribution in [0.15, 0.2) is 47.5 Å². The number of carbonyl (C=O) groups excluding carboxylic acids is 2. The molecule has 2 N–H and O–H groups in total. The van der Waals surface area contributed by atoms with Crippen molar-refractivity contribution >= 4 is 38.3 Å². The number of ether oxygens (including phenoxy) is 4. The number of alkyl halides is 3. The van der Waals surface area contributed by atoms with E-state index in [1.165, 1.54) is 56.6 Å². The number of hydrogen-bond acceptors (Lipinski definition) is 9. The highest BCUT2D eigenvalue weighted by atomic mass is 32.2. The Morgan fingerprint density at radius 1 is 1.11 bits per heavy atom. The highest BCUT2D eigenvalue weighted by molar-refractivity contribution is 7.90. The van der Waals surface area contributed by atoms with Crippen molar-refractivity contribution in [3.8, 4) is 17.6 Å². The van der Waals surface area contributed by atoms with Crippen LogP contribution in [0.4, 0.5) is 18.9 Å². The molecule has 0 aliphatic carbocycles. The number of methoxy groups -OCH3 is 1. The average molecular weight is 650 g/mol. The van der Waals surface area contributed by atoms with Crippen molar-refractivity contribution in [3.05, 3.63) is 53.7 Å². The second-order valence-corrected chi connectivity index (χ2v) is 12.6. The lowest BCUT2D eigenvalue weighted by molar-refractivity contribution is -0.150. The molecule has 0 saturated carbocycles. The highest BCUT2D eigenvalue weighted by Crippen LogP contribution is 2.31. The minimum atomic E-state index is -4.51. The molecule has 2 aliphatic heterocycles. The molecule has 2 aromatic carbocycles. The van der Waals surface area contributed by atoms with Crippen LogP contribution in [0.1, 0.15) is 22.8 Å². The Kier molecular flexibility index (Phi) is 9.02. The van der Waals surface area contributed by atoms with Crippen LogP contribution in [0.2, 0.25) is 0 Å². The van der Waals surface area contributed by atoms with E-state index in [0.717, 1.165) is 10.8 Å². The van der Waals surface area contributed by atoms with Gasteiger partial charge in [0.15, 0.2) is 15.9 Å². The summed E-state index contributed by atoms with van der Waals surface area (Å²) in [6, 6.07) is 8.13. The van der Waals surface area contributed by atoms with Gasteiger partial charge in [0.2, 0.25) is 0 Å². The molecule has 5 rings (SSSR count). The van der Waals surface area contributed by atoms with Crippen LogP contribution >= 0.6 is 0 Å². The molecule has 2 fully saturated rings. The number of amides is 1. The number of esters is 1. The van der Waals surface area contributed by atoms with Crippen LogP contribution < -0.4 is 15.4 Å². The van der Waals surface area contributed by atoms with Crippen molar-refractivity contribution in [2.24, 2.45) is 0 Å². The Hall–Kier alpha value is -4.26. The van der Waals surface area contributed by atoms with Crippen LogP contribution in [0.5, 0.6) is 5.75 Å². The van der Waals surface area contributed by atoms with Crippen LogP contribution in [0.25, 0.3) is 10.9 Å². The summed E-state index contributed by atoms with van der Waals surface area (Å²) in [6.07, 6.45) is -3.92. The fourth-order valence-electron chi connectivity index (χ4n) is 5.38. The first-order chi connectivity index (χ1) is 21.2. The first-order valence-electron chi connectivity index (χ1n) is 13.8. The lowest BCUT2D eigenvalue weighted by atomic mass is 10.0. The summed E-state index contributed by atoms with van der Waals surface area (Å²) in [4.78, 5) is 25.0. The van der Waals surface area contributed by atoms with Gasteiger partial charge in [-0.25, -0.2) is 8.42 Å². The molecule has 3 heterocycles. The zero-order valence-corrected chi connectivity index (χ0v) is 25.3. The third-order valence-corrected chi connectivity index (χ3v) is 8.43. The SMILES string of the molecule is COc1ccc(S(C)(=O)=O)cc1NCC#Cc1cc(C(=O)N[C@H]2CO[C@H]3[C@@H]2OC[C@@H]3OC(C)=O)c2ccn(CC(F)(F)F)c2c1. The maximum Gasteiger partial charge on any atom is 0.406 e. The van der Waals surface area contributed by atoms with Crippen molar-refractivity contribution in [1.82, 2.24) is 9.88 Å². The number of sulfone groups is 1. The molecule has 0 unspecified atom stereocenters. The number of aromatic nitrogens is 1. The Balaban J connectivity index is 1.40. The van der Waals surface area contributed by atoms with E-state index in [0.29, 0.717) is 16.8 Å². The Labute approximate surface area is 256 Å². The summed E-state index contributed by atoms with van der Waals surface area (Å²) < 4.78 is 87.0. The number of anilines is 1. The average Bonchev–Trinajstić information content (AvgIpc) is 3.66. The summed E-state index contributed by atoms with van der Waals surface area (Å²) in [5, 5.41) is 6.13. The molecule has 11 nitrogen and oxygen atoms in total. The second kappa shape index (κ2) is 12.6. The standard InChI is InChI=1S/C30H30F3N3O8S/c1-17(37)44-26-15-43-27-23(14-42-28(26)27)35-29(38)21-11-18(12-24-20(21)8-10-36(24)16-30(31,32)33)5-4-9-34-22-13-19(45(3,39)40)6-7-25(22)41-2/h6-8,10-13,23,26-28,34H,9,14-16H2,1-3H3,(H,35,38)/t23-,26-,27+,28+/m0/s1. The van der Waals surface area contributed by atoms with E-state index in [9.17, 15) is 31.2 Å². The molecule has 0 radical (unpaired) electrons. The van der Waals surface area contributed by atoms with E-state index < -0.39 is 58.8 Å². The van der Waals surface area contributed by atoms with Crippen molar-refractivity contribution in [3.63, 3.8) is 0 Å². The zero-order valence-electron chi connectivity index (χ0n) is 24.4. The van der Waals surface area contributed by atoms with Gasteiger partial charge in [-0.05, 0) is 36.4 Å². The van der Waals surface area contributed by atoms with E-state index in [-0.39, 0.29) is 41.3 Å². The molecular formula is C30H30F3N3O8S. The van der Waals surface area contributed by atoms with Gasteiger partial charge in [0.25, 0.3) is 5.91 Å². The first-order valence-corrected chi connectivity index (χ1v) is 15.6. The fourth-order valence-corrected chi connectivity index (χ4v) is 6.02. The fraction of sp³-hybridized carbons (Fsp3) is 0.400. The maximum absolute atomic E-state index is 13.5. The van der Waals surface area contributed by atoms with Crippen molar-refractivity contribution in [2.45, 2.75) is 48.9 Å². The van der Waals surface area contributed by atoms with Gasteiger partial charge in [-0.15, -0.1) is 0 Å². The van der Waals surface area contributed by atoms with Crippen molar-refractivity contribution in [2.75, 3.05) is 38.4 Å². The smallest absolute Gasteiger partial charge is 0.406 e. The van der Waals surface area contributed by atoms with Crippen LogP contribution in [0.3, 0.4) is 0 Å². The molecule has 4 atom stereocenters. The summed E-state index contributed by atoms with van der Waals surface area (Å²) in [5.41, 5.74) is 0.922. The molecule has 0 bridgehead atoms. The zero-order chi connectivity index (χ0) is 32.5. The minimum absolute atomic E-state index is 0.0238. The van der Waals surface area contributed by atoms with Gasteiger partial charge in [-0.2, -0.15) is 13.2 Å². The number of hydrogen-bond donors (Lipinski definition) is 2. The van der Waals surface area contributed by atoms with Gasteiger partial charge in [0.05, 0.1) is 49.0 Å². The van der Waals surface area contributed by atoms with E-state index in [4.69, 9.17) is 18.9 Å². The predicted octanol–water partition coefficient (Wildman–Crippen LogP) is 2.91. The third kappa shape index (κ3) is 7.35. The predicted molar refractivity (Wildman–Crippen MR) is 156 cm³/mol. The van der Waals surface area contributed by atoms with Crippen LogP contribution in [0, 0.1) is 11.8 Å². The molecule has 2 saturated heterocycles. The van der Waals surface area contributed by atoms with Crippen molar-refractivity contribution < 1.29 is 50.1 Å². The summed E-state index contributed by atoms with van der Waals surface area (Å²) >= 11 is 0. The van der Waals surface area contributed by atoms with Gasteiger partial charge in [0.1, 0.15) is 24.5 Å². The molecule has 45 heavy (non-hydrogen) atoms. The van der Waals surface area contributed by atoms with E-state index in [2.05, 4.69) is 22.5 Å². The number of fused-ring (bicyclic) bond motifs is 2. The van der Waals surface area contributed by atoms with Crippen LogP contribution in [-0.4, -0.2) is 88.5 Å². The summed E-state index contributed by atoms with van der Waals surface area (Å²) in [5.74, 6) is 5.07. The Bertz CT molecular complexity index is 1800. The minimum Gasteiger partial charge on any atom is -0.495 e. The second-order valence-electron chi connectivity index (χ2n) is 10.6. The summed E-state index contributed by atoms with van der Waals surface area (Å²) in [6.45, 7) is 0.229. The van der Waals surface area contributed by atoms with Crippen LogP contribution in [-0.2, 0) is 35.4 Å². The van der Waals surface area contributed by atoms with Gasteiger partial charge in [-0.3, -0.25) is 9.59 Å². The number of rotatable bonds is 8. The van der Waals surface area contributed by atoms with Crippen molar-refractivity contribution in [1.29, 1.82) is 0 Å². The molecule has 2 aliphatic rings. The molecule has 240 valence electrons. The largest absolute Gasteiger partial charge is 0.495 e.